The van der Waals surface area contributed by atoms with Crippen LogP contribution in [-0.2, 0) is 6.54 Å². The van der Waals surface area contributed by atoms with Crippen LogP contribution in [-0.4, -0.2) is 19.9 Å². The number of halogens is 2. The maximum Gasteiger partial charge on any atom is 0.222 e. The lowest BCUT2D eigenvalue weighted by Crippen LogP contribution is -2.04. The van der Waals surface area contributed by atoms with Gasteiger partial charge in [0.1, 0.15) is 11.5 Å². The minimum Gasteiger partial charge on any atom is -0.350 e. The number of nitrogens with one attached hydrogen (secondary N) is 2. The lowest BCUT2D eigenvalue weighted by molar-refractivity contribution is 0.627. The van der Waals surface area contributed by atoms with Gasteiger partial charge in [0.15, 0.2) is 0 Å². The molecule has 0 aliphatic carbocycles. The van der Waals surface area contributed by atoms with Crippen molar-refractivity contribution < 1.29 is 4.39 Å². The van der Waals surface area contributed by atoms with E-state index >= 15 is 0 Å². The van der Waals surface area contributed by atoms with Crippen molar-refractivity contribution in [1.29, 1.82) is 0 Å². The Hall–Kier alpha value is -2.99. The van der Waals surface area contributed by atoms with Gasteiger partial charge in [-0.3, -0.25) is 0 Å². The first-order valence-electron chi connectivity index (χ1n) is 8.07. The van der Waals surface area contributed by atoms with Gasteiger partial charge >= 0.3 is 0 Å². The second kappa shape index (κ2) is 7.09. The van der Waals surface area contributed by atoms with Crippen molar-refractivity contribution in [3.63, 3.8) is 0 Å². The van der Waals surface area contributed by atoms with Gasteiger partial charge in [0.2, 0.25) is 5.95 Å². The molecule has 0 saturated carbocycles. The van der Waals surface area contributed by atoms with E-state index in [1.54, 1.807) is 30.7 Å². The van der Waals surface area contributed by atoms with Crippen LogP contribution in [0.25, 0.3) is 11.0 Å². The number of benzene rings is 1. The minimum absolute atomic E-state index is 0.255. The molecule has 0 bridgehead atoms. The molecule has 7 heteroatoms. The molecule has 2 N–H and O–H groups in total. The number of H-pyrrole nitrogens is 1. The maximum absolute atomic E-state index is 12.9. The highest BCUT2D eigenvalue weighted by molar-refractivity contribution is 6.23. The van der Waals surface area contributed by atoms with E-state index in [0.29, 0.717) is 12.5 Å². The van der Waals surface area contributed by atoms with Crippen LogP contribution < -0.4 is 5.32 Å². The Morgan fingerprint density at radius 3 is 2.62 bits per heavy atom. The SMILES string of the molecule is Fc1ccc(CNc2ncc(C(Cl)c3c[nH]c4ncccc34)cn2)cc1. The van der Waals surface area contributed by atoms with E-state index in [1.165, 1.54) is 12.1 Å². The van der Waals surface area contributed by atoms with Gasteiger partial charge in [-0.2, -0.15) is 0 Å². The predicted molar refractivity (Wildman–Crippen MR) is 99.5 cm³/mol. The summed E-state index contributed by atoms with van der Waals surface area (Å²) >= 11 is 6.61. The summed E-state index contributed by atoms with van der Waals surface area (Å²) in [5.74, 6) is 0.234. The van der Waals surface area contributed by atoms with Crippen LogP contribution in [0.4, 0.5) is 10.3 Å². The summed E-state index contributed by atoms with van der Waals surface area (Å²) in [7, 11) is 0. The first kappa shape index (κ1) is 16.5. The van der Waals surface area contributed by atoms with Gasteiger partial charge in [0.05, 0.1) is 5.38 Å². The van der Waals surface area contributed by atoms with Gasteiger partial charge in [-0.15, -0.1) is 11.6 Å². The molecule has 0 amide bonds. The number of aromatic nitrogens is 4. The Balaban J connectivity index is 1.47. The zero-order valence-corrected chi connectivity index (χ0v) is 14.4. The van der Waals surface area contributed by atoms with Crippen LogP contribution in [0.1, 0.15) is 22.1 Å². The van der Waals surface area contributed by atoms with Crippen LogP contribution in [0, 0.1) is 5.82 Å². The molecular weight excluding hydrogens is 353 g/mol. The number of hydrogen-bond donors (Lipinski definition) is 2. The minimum atomic E-state index is -0.376. The Labute approximate surface area is 154 Å². The third-order valence-corrected chi connectivity index (χ3v) is 4.57. The smallest absolute Gasteiger partial charge is 0.222 e. The molecule has 1 unspecified atom stereocenters. The van der Waals surface area contributed by atoms with E-state index in [9.17, 15) is 4.39 Å². The topological polar surface area (TPSA) is 66.5 Å². The molecule has 0 aliphatic rings. The van der Waals surface area contributed by atoms with Crippen molar-refractivity contribution in [3.05, 3.63) is 83.7 Å². The second-order valence-electron chi connectivity index (χ2n) is 5.83. The van der Waals surface area contributed by atoms with E-state index in [2.05, 4.69) is 25.3 Å². The summed E-state index contributed by atoms with van der Waals surface area (Å²) < 4.78 is 12.9. The van der Waals surface area contributed by atoms with Gasteiger partial charge in [0.25, 0.3) is 0 Å². The molecule has 0 spiro atoms. The molecule has 1 aromatic carbocycles. The Morgan fingerprint density at radius 1 is 1.08 bits per heavy atom. The van der Waals surface area contributed by atoms with Crippen LogP contribution in [0.5, 0.6) is 0 Å². The number of rotatable bonds is 5. The lowest BCUT2D eigenvalue weighted by atomic mass is 10.1. The number of anilines is 1. The summed E-state index contributed by atoms with van der Waals surface area (Å²) in [4.78, 5) is 16.0. The number of aromatic amines is 1. The molecule has 130 valence electrons. The highest BCUT2D eigenvalue weighted by Crippen LogP contribution is 2.32. The van der Waals surface area contributed by atoms with Crippen molar-refractivity contribution in [3.8, 4) is 0 Å². The first-order valence-corrected chi connectivity index (χ1v) is 8.50. The van der Waals surface area contributed by atoms with Crippen molar-refractivity contribution in [2.45, 2.75) is 11.9 Å². The van der Waals surface area contributed by atoms with E-state index in [1.807, 2.05) is 18.3 Å². The van der Waals surface area contributed by atoms with Crippen LogP contribution in [0.2, 0.25) is 0 Å². The van der Waals surface area contributed by atoms with Crippen LogP contribution in [0.15, 0.2) is 61.2 Å². The largest absolute Gasteiger partial charge is 0.350 e. The van der Waals surface area contributed by atoms with Crippen molar-refractivity contribution in [2.24, 2.45) is 0 Å². The van der Waals surface area contributed by atoms with Crippen molar-refractivity contribution in [1.82, 2.24) is 19.9 Å². The van der Waals surface area contributed by atoms with Gasteiger partial charge in [0, 0.05) is 47.8 Å². The zero-order chi connectivity index (χ0) is 17.9. The Kier molecular flexibility index (Phi) is 4.50. The Bertz CT molecular complexity index is 1010. The fraction of sp³-hybridized carbons (Fsp3) is 0.105. The molecule has 5 nitrogen and oxygen atoms in total. The fourth-order valence-electron chi connectivity index (χ4n) is 2.71. The van der Waals surface area contributed by atoms with Gasteiger partial charge in [-0.05, 0) is 29.8 Å². The zero-order valence-electron chi connectivity index (χ0n) is 13.7. The van der Waals surface area contributed by atoms with E-state index in [4.69, 9.17) is 11.6 Å². The first-order chi connectivity index (χ1) is 12.7. The van der Waals surface area contributed by atoms with Crippen LogP contribution >= 0.6 is 11.6 Å². The van der Waals surface area contributed by atoms with E-state index < -0.39 is 0 Å². The number of alkyl halides is 1. The van der Waals surface area contributed by atoms with Gasteiger partial charge < -0.3 is 10.3 Å². The molecule has 4 aromatic rings. The summed E-state index contributed by atoms with van der Waals surface area (Å²) in [6.07, 6.45) is 6.99. The molecule has 4 rings (SSSR count). The van der Waals surface area contributed by atoms with E-state index in [0.717, 1.165) is 27.7 Å². The van der Waals surface area contributed by atoms with Crippen LogP contribution in [0.3, 0.4) is 0 Å². The van der Waals surface area contributed by atoms with Gasteiger partial charge in [-0.1, -0.05) is 12.1 Å². The summed E-state index contributed by atoms with van der Waals surface area (Å²) in [6, 6.07) is 10.1. The normalized spacial score (nSPS) is 12.2. The van der Waals surface area contributed by atoms with Crippen molar-refractivity contribution >= 4 is 28.6 Å². The molecular formula is C19H15ClFN5. The predicted octanol–water partition coefficient (Wildman–Crippen LogP) is 4.43. The van der Waals surface area contributed by atoms with Gasteiger partial charge in [-0.25, -0.2) is 19.3 Å². The summed E-state index contributed by atoms with van der Waals surface area (Å²) in [6.45, 7) is 0.512. The highest BCUT2D eigenvalue weighted by Gasteiger charge is 2.16. The molecule has 26 heavy (non-hydrogen) atoms. The molecule has 0 fully saturated rings. The number of nitrogens with zero attached hydrogens (tertiary/aromatic N) is 3. The third kappa shape index (κ3) is 3.36. The molecule has 0 aliphatic heterocycles. The quantitative estimate of drug-likeness (QED) is 0.512. The molecule has 0 radical (unpaired) electrons. The highest BCUT2D eigenvalue weighted by atomic mass is 35.5. The summed E-state index contributed by atoms with van der Waals surface area (Å²) in [5, 5.41) is 3.71. The fourth-order valence-corrected chi connectivity index (χ4v) is 3.00. The summed E-state index contributed by atoms with van der Waals surface area (Å²) in [5.41, 5.74) is 3.47. The average Bonchev–Trinajstić information content (AvgIpc) is 3.11. The molecule has 3 heterocycles. The standard InChI is InChI=1S/C19H15ClFN5/c20-17(16-11-23-18-15(16)2-1-7-22-18)13-9-25-19(26-10-13)24-8-12-3-5-14(21)6-4-12/h1-7,9-11,17H,8H2,(H,22,23)(H,24,25,26). The number of fused-ring (bicyclic) bond motifs is 1. The second-order valence-corrected chi connectivity index (χ2v) is 6.26. The lowest BCUT2D eigenvalue weighted by Gasteiger charge is -2.10. The number of pyridine rings is 1. The number of hydrogen-bond acceptors (Lipinski definition) is 4. The Morgan fingerprint density at radius 2 is 1.85 bits per heavy atom. The van der Waals surface area contributed by atoms with Crippen molar-refractivity contribution in [2.75, 3.05) is 5.32 Å². The molecule has 0 saturated heterocycles. The average molecular weight is 368 g/mol. The maximum atomic E-state index is 12.9. The van der Waals surface area contributed by atoms with E-state index in [-0.39, 0.29) is 11.2 Å². The molecule has 3 aromatic heterocycles. The third-order valence-electron chi connectivity index (χ3n) is 4.08. The molecule has 1 atom stereocenters. The monoisotopic (exact) mass is 367 g/mol.